The van der Waals surface area contributed by atoms with Crippen molar-refractivity contribution in [3.8, 4) is 0 Å². The molecule has 0 aromatic carbocycles. The Labute approximate surface area is 86.4 Å². The van der Waals surface area contributed by atoms with Crippen LogP contribution in [0.3, 0.4) is 0 Å². The van der Waals surface area contributed by atoms with Crippen LogP contribution in [-0.2, 0) is 9.47 Å². The molecule has 1 heterocycles. The maximum atomic E-state index is 10.4. The average Bonchev–Trinajstić information content (AvgIpc) is 2.12. The average molecular weight is 202 g/mol. The highest BCUT2D eigenvalue weighted by Gasteiger charge is 2.56. The lowest BCUT2D eigenvalue weighted by atomic mass is 9.83. The number of ether oxygens (including phenoxy) is 2. The van der Waals surface area contributed by atoms with Crippen molar-refractivity contribution in [2.24, 2.45) is 0 Å². The predicted octanol–water partition coefficient (Wildman–Crippen LogP) is 1.73. The first-order chi connectivity index (χ1) is 6.22. The van der Waals surface area contributed by atoms with Crippen molar-refractivity contribution in [3.05, 3.63) is 0 Å². The summed E-state index contributed by atoms with van der Waals surface area (Å²) in [5.41, 5.74) is -1.67. The van der Waals surface area contributed by atoms with Crippen LogP contribution >= 0.6 is 0 Å². The van der Waals surface area contributed by atoms with Crippen molar-refractivity contribution in [1.82, 2.24) is 0 Å². The fourth-order valence-corrected chi connectivity index (χ4v) is 2.23. The zero-order valence-electron chi connectivity index (χ0n) is 9.89. The molecule has 1 saturated heterocycles. The minimum absolute atomic E-state index is 0.269. The molecule has 0 aromatic rings. The first kappa shape index (κ1) is 12.0. The van der Waals surface area contributed by atoms with Gasteiger partial charge in [-0.3, -0.25) is 0 Å². The van der Waals surface area contributed by atoms with Gasteiger partial charge >= 0.3 is 0 Å². The molecule has 1 fully saturated rings. The van der Waals surface area contributed by atoms with Crippen LogP contribution in [0, 0.1) is 0 Å². The molecule has 1 rings (SSSR count). The van der Waals surface area contributed by atoms with Gasteiger partial charge in [0.05, 0.1) is 17.8 Å². The van der Waals surface area contributed by atoms with Crippen LogP contribution in [0.4, 0.5) is 0 Å². The normalized spacial score (nSPS) is 34.7. The molecular formula is C11H22O3. The lowest BCUT2D eigenvalue weighted by molar-refractivity contribution is -0.148. The van der Waals surface area contributed by atoms with Crippen LogP contribution in [-0.4, -0.2) is 35.1 Å². The molecule has 84 valence electrons. The van der Waals surface area contributed by atoms with Gasteiger partial charge in [-0.2, -0.15) is 0 Å². The third-order valence-corrected chi connectivity index (χ3v) is 2.92. The molecule has 1 atom stereocenters. The highest BCUT2D eigenvalue weighted by molar-refractivity contribution is 5.06. The van der Waals surface area contributed by atoms with Gasteiger partial charge < -0.3 is 14.6 Å². The van der Waals surface area contributed by atoms with Gasteiger partial charge in [0.15, 0.2) is 0 Å². The smallest absolute Gasteiger partial charge is 0.119 e. The minimum atomic E-state index is -0.869. The molecule has 3 nitrogen and oxygen atoms in total. The van der Waals surface area contributed by atoms with Crippen molar-refractivity contribution in [2.75, 3.05) is 13.2 Å². The monoisotopic (exact) mass is 202 g/mol. The van der Waals surface area contributed by atoms with E-state index in [0.29, 0.717) is 19.6 Å². The van der Waals surface area contributed by atoms with E-state index in [4.69, 9.17) is 9.47 Å². The summed E-state index contributed by atoms with van der Waals surface area (Å²) in [6, 6.07) is 0. The van der Waals surface area contributed by atoms with E-state index in [0.717, 1.165) is 0 Å². The molecule has 1 aliphatic rings. The van der Waals surface area contributed by atoms with E-state index in [1.54, 1.807) is 0 Å². The Hall–Kier alpha value is -0.120. The summed E-state index contributed by atoms with van der Waals surface area (Å²) < 4.78 is 11.1. The molecule has 0 radical (unpaired) electrons. The zero-order chi connectivity index (χ0) is 11.0. The second-order valence-corrected chi connectivity index (χ2v) is 5.22. The summed E-state index contributed by atoms with van der Waals surface area (Å²) in [5.74, 6) is 0. The van der Waals surface area contributed by atoms with Gasteiger partial charge in [-0.15, -0.1) is 0 Å². The van der Waals surface area contributed by atoms with E-state index >= 15 is 0 Å². The molecule has 0 bridgehead atoms. The molecule has 14 heavy (non-hydrogen) atoms. The molecule has 3 heteroatoms. The highest BCUT2D eigenvalue weighted by atomic mass is 16.6. The fraction of sp³-hybridized carbons (Fsp3) is 1.00. The Balaban J connectivity index is 2.77. The van der Waals surface area contributed by atoms with E-state index in [1.807, 2.05) is 34.6 Å². The summed E-state index contributed by atoms with van der Waals surface area (Å²) in [7, 11) is 0. The Morgan fingerprint density at radius 1 is 1.29 bits per heavy atom. The van der Waals surface area contributed by atoms with E-state index in [-0.39, 0.29) is 5.60 Å². The van der Waals surface area contributed by atoms with Crippen LogP contribution in [0.15, 0.2) is 0 Å². The van der Waals surface area contributed by atoms with E-state index in [9.17, 15) is 5.11 Å². The first-order valence-corrected chi connectivity index (χ1v) is 5.23. The number of hydrogen-bond acceptors (Lipinski definition) is 3. The summed E-state index contributed by atoms with van der Waals surface area (Å²) in [5, 5.41) is 10.4. The van der Waals surface area contributed by atoms with Gasteiger partial charge in [0.1, 0.15) is 5.60 Å². The van der Waals surface area contributed by atoms with E-state index < -0.39 is 11.2 Å². The van der Waals surface area contributed by atoms with Crippen molar-refractivity contribution in [1.29, 1.82) is 0 Å². The summed E-state index contributed by atoms with van der Waals surface area (Å²) >= 11 is 0. The van der Waals surface area contributed by atoms with Crippen LogP contribution in [0.5, 0.6) is 0 Å². The van der Waals surface area contributed by atoms with Crippen molar-refractivity contribution in [2.45, 2.75) is 57.8 Å². The lowest BCUT2D eigenvalue weighted by Crippen LogP contribution is -2.49. The zero-order valence-corrected chi connectivity index (χ0v) is 9.89. The van der Waals surface area contributed by atoms with Crippen LogP contribution in [0.25, 0.3) is 0 Å². The maximum absolute atomic E-state index is 10.4. The molecule has 0 saturated carbocycles. The molecule has 0 aromatic heterocycles. The number of rotatable bonds is 3. The molecule has 0 amide bonds. The second kappa shape index (κ2) is 3.47. The maximum Gasteiger partial charge on any atom is 0.119 e. The van der Waals surface area contributed by atoms with Gasteiger partial charge in [-0.25, -0.2) is 0 Å². The van der Waals surface area contributed by atoms with Crippen molar-refractivity contribution >= 4 is 0 Å². The number of hydrogen-bond donors (Lipinski definition) is 1. The molecule has 0 aliphatic carbocycles. The summed E-state index contributed by atoms with van der Waals surface area (Å²) in [6.45, 7) is 10.7. The van der Waals surface area contributed by atoms with Gasteiger partial charge in [-0.1, -0.05) is 0 Å². The molecule has 1 aliphatic heterocycles. The molecule has 1 N–H and O–H groups in total. The topological polar surface area (TPSA) is 38.7 Å². The molecule has 0 spiro atoms. The Kier molecular flexibility index (Phi) is 2.96. The Bertz CT molecular complexity index is 211. The van der Waals surface area contributed by atoms with Crippen molar-refractivity contribution in [3.63, 3.8) is 0 Å². The van der Waals surface area contributed by atoms with Crippen molar-refractivity contribution < 1.29 is 14.6 Å². The first-order valence-electron chi connectivity index (χ1n) is 5.23. The van der Waals surface area contributed by atoms with Gasteiger partial charge in [0.25, 0.3) is 0 Å². The second-order valence-electron chi connectivity index (χ2n) is 5.22. The molecule has 1 unspecified atom stereocenters. The van der Waals surface area contributed by atoms with Gasteiger partial charge in [0, 0.05) is 13.0 Å². The third-order valence-electron chi connectivity index (χ3n) is 2.92. The van der Waals surface area contributed by atoms with E-state index in [2.05, 4.69) is 0 Å². The predicted molar refractivity (Wildman–Crippen MR) is 55.3 cm³/mol. The standard InChI is InChI=1S/C11H22O3/c1-6-13-8-11(12)7-9(2,3)14-10(11,4)5/h12H,6-8H2,1-5H3. The quantitative estimate of drug-likeness (QED) is 0.757. The largest absolute Gasteiger partial charge is 0.384 e. The fourth-order valence-electron chi connectivity index (χ4n) is 2.23. The van der Waals surface area contributed by atoms with Crippen LogP contribution < -0.4 is 0 Å². The summed E-state index contributed by atoms with van der Waals surface area (Å²) in [4.78, 5) is 0. The number of aliphatic hydroxyl groups is 1. The minimum Gasteiger partial charge on any atom is -0.384 e. The van der Waals surface area contributed by atoms with Gasteiger partial charge in [-0.05, 0) is 34.6 Å². The lowest BCUT2D eigenvalue weighted by Gasteiger charge is -2.34. The van der Waals surface area contributed by atoms with Crippen LogP contribution in [0.1, 0.15) is 41.0 Å². The van der Waals surface area contributed by atoms with Crippen LogP contribution in [0.2, 0.25) is 0 Å². The summed E-state index contributed by atoms with van der Waals surface area (Å²) in [6.07, 6.45) is 0.618. The van der Waals surface area contributed by atoms with E-state index in [1.165, 1.54) is 0 Å². The highest BCUT2D eigenvalue weighted by Crippen LogP contribution is 2.44. The Morgan fingerprint density at radius 2 is 1.86 bits per heavy atom. The SMILES string of the molecule is CCOCC1(O)CC(C)(C)OC1(C)C. The molecular weight excluding hydrogens is 180 g/mol. The van der Waals surface area contributed by atoms with Gasteiger partial charge in [0.2, 0.25) is 0 Å². The third kappa shape index (κ3) is 2.10. The Morgan fingerprint density at radius 3 is 2.21 bits per heavy atom.